The van der Waals surface area contributed by atoms with E-state index in [1.807, 2.05) is 39.1 Å². The van der Waals surface area contributed by atoms with Gasteiger partial charge in [0.15, 0.2) is 0 Å². The van der Waals surface area contributed by atoms with E-state index >= 15 is 0 Å². The summed E-state index contributed by atoms with van der Waals surface area (Å²) in [5.74, 6) is 1.15. The van der Waals surface area contributed by atoms with Crippen LogP contribution in [0.3, 0.4) is 0 Å². The number of ether oxygens (including phenoxy) is 1. The van der Waals surface area contributed by atoms with Crippen LogP contribution in [0.2, 0.25) is 0 Å². The van der Waals surface area contributed by atoms with Gasteiger partial charge in [-0.25, -0.2) is 9.97 Å². The molecule has 5 nitrogen and oxygen atoms in total. The molecular formula is C16H20N4O. The van der Waals surface area contributed by atoms with Gasteiger partial charge in [0.05, 0.1) is 18.2 Å². The van der Waals surface area contributed by atoms with E-state index in [4.69, 9.17) is 4.74 Å². The minimum Gasteiger partial charge on any atom is -0.494 e. The molecule has 2 rings (SSSR count). The minimum atomic E-state index is 0.0824. The Kier molecular flexibility index (Phi) is 4.87. The maximum Gasteiger partial charge on any atom is 0.223 e. The van der Waals surface area contributed by atoms with Gasteiger partial charge in [-0.1, -0.05) is 12.6 Å². The third-order valence-electron chi connectivity index (χ3n) is 3.07. The molecule has 0 aliphatic carbocycles. The van der Waals surface area contributed by atoms with Gasteiger partial charge in [-0.05, 0) is 32.4 Å². The second-order valence-electron chi connectivity index (χ2n) is 4.75. The number of nitrogens with zero attached hydrogens (tertiary/aromatic N) is 3. The fourth-order valence-electron chi connectivity index (χ4n) is 1.82. The zero-order valence-corrected chi connectivity index (χ0v) is 12.6. The summed E-state index contributed by atoms with van der Waals surface area (Å²) in [5.41, 5.74) is 2.88. The van der Waals surface area contributed by atoms with Gasteiger partial charge >= 0.3 is 0 Å². The maximum atomic E-state index is 5.33. The molecule has 21 heavy (non-hydrogen) atoms. The lowest BCUT2D eigenvalue weighted by atomic mass is 10.1. The Morgan fingerprint density at radius 1 is 1.24 bits per heavy atom. The first-order valence-corrected chi connectivity index (χ1v) is 6.93. The standard InChI is InChI=1S/C16H20N4O/c1-5-21-13(4)15-9-18-16(19-10-15)20-12(3)14-7-6-11(2)17-8-14/h6-10,12H,4-5H2,1-3H3,(H,18,19,20)/t12-/m0/s1. The van der Waals surface area contributed by atoms with Crippen LogP contribution < -0.4 is 5.32 Å². The van der Waals surface area contributed by atoms with Crippen LogP contribution in [0.1, 0.15) is 36.7 Å². The molecule has 2 heterocycles. The topological polar surface area (TPSA) is 59.9 Å². The number of hydrogen-bond acceptors (Lipinski definition) is 5. The van der Waals surface area contributed by atoms with Crippen molar-refractivity contribution in [2.24, 2.45) is 0 Å². The average molecular weight is 284 g/mol. The number of aryl methyl sites for hydroxylation is 1. The van der Waals surface area contributed by atoms with E-state index < -0.39 is 0 Å². The Morgan fingerprint density at radius 2 is 1.95 bits per heavy atom. The highest BCUT2D eigenvalue weighted by Crippen LogP contribution is 2.17. The summed E-state index contributed by atoms with van der Waals surface area (Å²) in [6.45, 7) is 10.3. The van der Waals surface area contributed by atoms with Gasteiger partial charge in [-0.15, -0.1) is 0 Å². The van der Waals surface area contributed by atoms with Crippen molar-refractivity contribution in [2.45, 2.75) is 26.8 Å². The molecular weight excluding hydrogens is 264 g/mol. The fraction of sp³-hybridized carbons (Fsp3) is 0.312. The largest absolute Gasteiger partial charge is 0.494 e. The molecule has 1 atom stereocenters. The van der Waals surface area contributed by atoms with Crippen LogP contribution in [0.4, 0.5) is 5.95 Å². The number of aromatic nitrogens is 3. The Balaban J connectivity index is 2.02. The summed E-state index contributed by atoms with van der Waals surface area (Å²) in [6, 6.07) is 4.12. The smallest absolute Gasteiger partial charge is 0.223 e. The highest BCUT2D eigenvalue weighted by atomic mass is 16.5. The zero-order valence-electron chi connectivity index (χ0n) is 12.6. The second kappa shape index (κ2) is 6.83. The molecule has 0 saturated heterocycles. The van der Waals surface area contributed by atoms with Crippen LogP contribution in [0.15, 0.2) is 37.3 Å². The molecule has 0 spiro atoms. The Bertz CT molecular complexity index is 593. The van der Waals surface area contributed by atoms with E-state index in [0.29, 0.717) is 18.3 Å². The number of anilines is 1. The first-order chi connectivity index (χ1) is 10.1. The molecule has 2 aromatic rings. The molecule has 0 saturated carbocycles. The molecule has 2 aromatic heterocycles. The van der Waals surface area contributed by atoms with Gasteiger partial charge in [0.2, 0.25) is 5.95 Å². The van der Waals surface area contributed by atoms with Crippen LogP contribution >= 0.6 is 0 Å². The van der Waals surface area contributed by atoms with Crippen molar-refractivity contribution in [3.8, 4) is 0 Å². The second-order valence-corrected chi connectivity index (χ2v) is 4.75. The molecule has 110 valence electrons. The molecule has 0 aliphatic heterocycles. The number of nitrogens with one attached hydrogen (secondary N) is 1. The number of hydrogen-bond donors (Lipinski definition) is 1. The predicted octanol–water partition coefficient (Wildman–Crippen LogP) is 3.36. The van der Waals surface area contributed by atoms with E-state index in [1.54, 1.807) is 12.4 Å². The Hall–Kier alpha value is -2.43. The average Bonchev–Trinajstić information content (AvgIpc) is 2.49. The fourth-order valence-corrected chi connectivity index (χ4v) is 1.82. The van der Waals surface area contributed by atoms with Crippen LogP contribution in [0, 0.1) is 6.92 Å². The van der Waals surface area contributed by atoms with Gasteiger partial charge in [-0.2, -0.15) is 0 Å². The van der Waals surface area contributed by atoms with Gasteiger partial charge in [-0.3, -0.25) is 4.98 Å². The van der Waals surface area contributed by atoms with Crippen LogP contribution in [0.5, 0.6) is 0 Å². The van der Waals surface area contributed by atoms with E-state index in [0.717, 1.165) is 16.8 Å². The molecule has 0 aliphatic rings. The molecule has 0 bridgehead atoms. The van der Waals surface area contributed by atoms with E-state index in [2.05, 4.69) is 26.8 Å². The van der Waals surface area contributed by atoms with Crippen LogP contribution in [-0.2, 0) is 4.74 Å². The van der Waals surface area contributed by atoms with Crippen molar-refractivity contribution in [3.63, 3.8) is 0 Å². The lowest BCUT2D eigenvalue weighted by Gasteiger charge is -2.14. The van der Waals surface area contributed by atoms with Crippen LogP contribution in [0.25, 0.3) is 5.76 Å². The van der Waals surface area contributed by atoms with Gasteiger partial charge in [0.25, 0.3) is 0 Å². The van der Waals surface area contributed by atoms with Crippen molar-refractivity contribution < 1.29 is 4.74 Å². The molecule has 5 heteroatoms. The van der Waals surface area contributed by atoms with Crippen molar-refractivity contribution in [1.82, 2.24) is 15.0 Å². The maximum absolute atomic E-state index is 5.33. The first-order valence-electron chi connectivity index (χ1n) is 6.93. The quantitative estimate of drug-likeness (QED) is 0.824. The van der Waals surface area contributed by atoms with Gasteiger partial charge in [0.1, 0.15) is 5.76 Å². The van der Waals surface area contributed by atoms with E-state index in [-0.39, 0.29) is 6.04 Å². The van der Waals surface area contributed by atoms with E-state index in [1.165, 1.54) is 0 Å². The minimum absolute atomic E-state index is 0.0824. The van der Waals surface area contributed by atoms with Gasteiger partial charge < -0.3 is 10.1 Å². The summed E-state index contributed by atoms with van der Waals surface area (Å²) in [6.07, 6.45) is 5.26. The van der Waals surface area contributed by atoms with Crippen molar-refractivity contribution in [2.75, 3.05) is 11.9 Å². The third kappa shape index (κ3) is 4.02. The highest BCUT2D eigenvalue weighted by Gasteiger charge is 2.08. The molecule has 0 aromatic carbocycles. The van der Waals surface area contributed by atoms with Crippen molar-refractivity contribution in [3.05, 3.63) is 54.1 Å². The molecule has 0 amide bonds. The van der Waals surface area contributed by atoms with Crippen LogP contribution in [-0.4, -0.2) is 21.6 Å². The SMILES string of the molecule is C=C(OCC)c1cnc(N[C@@H](C)c2ccc(C)nc2)nc1. The summed E-state index contributed by atoms with van der Waals surface area (Å²) in [7, 11) is 0. The summed E-state index contributed by atoms with van der Waals surface area (Å²) >= 11 is 0. The third-order valence-corrected chi connectivity index (χ3v) is 3.07. The molecule has 1 N–H and O–H groups in total. The lowest BCUT2D eigenvalue weighted by Crippen LogP contribution is -2.10. The lowest BCUT2D eigenvalue weighted by molar-refractivity contribution is 0.299. The van der Waals surface area contributed by atoms with Gasteiger partial charge in [0, 0.05) is 24.3 Å². The molecule has 0 unspecified atom stereocenters. The predicted molar refractivity (Wildman–Crippen MR) is 83.7 cm³/mol. The summed E-state index contributed by atoms with van der Waals surface area (Å²) < 4.78 is 5.33. The highest BCUT2D eigenvalue weighted by molar-refractivity contribution is 5.55. The van der Waals surface area contributed by atoms with E-state index in [9.17, 15) is 0 Å². The van der Waals surface area contributed by atoms with Crippen molar-refractivity contribution >= 4 is 11.7 Å². The first kappa shape index (κ1) is 15.0. The zero-order chi connectivity index (χ0) is 15.2. The monoisotopic (exact) mass is 284 g/mol. The Labute approximate surface area is 125 Å². The molecule has 0 fully saturated rings. The van der Waals surface area contributed by atoms with Crippen molar-refractivity contribution in [1.29, 1.82) is 0 Å². The molecule has 0 radical (unpaired) electrons. The summed E-state index contributed by atoms with van der Waals surface area (Å²) in [5, 5.41) is 3.24. The summed E-state index contributed by atoms with van der Waals surface area (Å²) in [4.78, 5) is 12.9. The Morgan fingerprint density at radius 3 is 2.52 bits per heavy atom. The number of pyridine rings is 1. The number of rotatable bonds is 6. The normalized spacial score (nSPS) is 11.8.